The van der Waals surface area contributed by atoms with E-state index in [9.17, 15) is 18.0 Å². The number of halogens is 1. The third-order valence-electron chi connectivity index (χ3n) is 3.00. The fourth-order valence-corrected chi connectivity index (χ4v) is 3.22. The van der Waals surface area contributed by atoms with Crippen molar-refractivity contribution in [2.45, 2.75) is 11.8 Å². The molecule has 0 radical (unpaired) electrons. The minimum atomic E-state index is -4.38. The van der Waals surface area contributed by atoms with Crippen molar-refractivity contribution in [2.24, 2.45) is 0 Å². The molecule has 0 spiro atoms. The molecule has 13 heteroatoms. The van der Waals surface area contributed by atoms with E-state index in [-0.39, 0.29) is 58.7 Å². The van der Waals surface area contributed by atoms with Crippen LogP contribution in [0.3, 0.4) is 0 Å². The molecule has 2 amide bonds. The standard InChI is InChI=1S/C15H15ClN4O6S.Na.H/c1-3-26-13(21)9-6-4-5-7-10(9)27(23,24)20-15(22)19-14-17-11(16)8-12(18-14)25-2;;/h4-8H,3H2,1-2H3,(H2,17,18,19,20,22);;. The summed E-state index contributed by atoms with van der Waals surface area (Å²) < 4.78 is 36.4. The first-order chi connectivity index (χ1) is 12.8. The van der Waals surface area contributed by atoms with Crippen LogP contribution in [-0.2, 0) is 14.8 Å². The van der Waals surface area contributed by atoms with Gasteiger partial charge in [0, 0.05) is 6.07 Å². The number of carbonyl (C=O) groups excluding carboxylic acids is 2. The van der Waals surface area contributed by atoms with Gasteiger partial charge in [-0.1, -0.05) is 23.7 Å². The molecule has 0 fully saturated rings. The Hall–Kier alpha value is -1.92. The van der Waals surface area contributed by atoms with Gasteiger partial charge in [0.1, 0.15) is 10.0 Å². The number of rotatable bonds is 6. The zero-order valence-corrected chi connectivity index (χ0v) is 15.8. The van der Waals surface area contributed by atoms with Crippen molar-refractivity contribution in [2.75, 3.05) is 19.0 Å². The fourth-order valence-electron chi connectivity index (χ4n) is 1.94. The number of amides is 2. The Morgan fingerprint density at radius 3 is 2.54 bits per heavy atom. The summed E-state index contributed by atoms with van der Waals surface area (Å²) in [6, 6.07) is 5.46. The quantitative estimate of drug-likeness (QED) is 0.389. The Morgan fingerprint density at radius 2 is 1.89 bits per heavy atom. The second-order valence-electron chi connectivity index (χ2n) is 4.83. The molecule has 10 nitrogen and oxygen atoms in total. The van der Waals surface area contributed by atoms with Crippen LogP contribution in [0.1, 0.15) is 17.3 Å². The molecule has 2 rings (SSSR count). The van der Waals surface area contributed by atoms with E-state index in [2.05, 4.69) is 15.3 Å². The van der Waals surface area contributed by atoms with Crippen molar-refractivity contribution < 1.29 is 27.5 Å². The molecule has 0 unspecified atom stereocenters. The summed E-state index contributed by atoms with van der Waals surface area (Å²) in [4.78, 5) is 31.1. The molecule has 1 heterocycles. The zero-order valence-electron chi connectivity index (χ0n) is 14.2. The van der Waals surface area contributed by atoms with Crippen molar-refractivity contribution >= 4 is 69.1 Å². The number of nitrogens with one attached hydrogen (secondary N) is 2. The van der Waals surface area contributed by atoms with Gasteiger partial charge in [0.2, 0.25) is 11.8 Å². The van der Waals surface area contributed by atoms with Crippen molar-refractivity contribution in [3.8, 4) is 5.88 Å². The number of nitrogens with zero attached hydrogens (tertiary/aromatic N) is 2. The molecule has 0 bridgehead atoms. The summed E-state index contributed by atoms with van der Waals surface area (Å²) in [5, 5.41) is 2.10. The topological polar surface area (TPSA) is 137 Å². The molecule has 0 aliphatic rings. The summed E-state index contributed by atoms with van der Waals surface area (Å²) in [5.74, 6) is -1.03. The molecule has 0 aliphatic carbocycles. The first-order valence-electron chi connectivity index (χ1n) is 7.45. The average Bonchev–Trinajstić information content (AvgIpc) is 2.60. The summed E-state index contributed by atoms with van der Waals surface area (Å²) in [5.41, 5.74) is -0.208. The summed E-state index contributed by atoms with van der Waals surface area (Å²) >= 11 is 5.75. The molecule has 2 N–H and O–H groups in total. The van der Waals surface area contributed by atoms with Gasteiger partial charge in [-0.05, 0) is 19.1 Å². The Balaban J connectivity index is 0.00000392. The Labute approximate surface area is 188 Å². The molecule has 146 valence electrons. The number of carbonyl (C=O) groups is 2. The summed E-state index contributed by atoms with van der Waals surface area (Å²) in [6.45, 7) is 1.65. The molecular weight excluding hydrogens is 423 g/mol. The average molecular weight is 439 g/mol. The van der Waals surface area contributed by atoms with Crippen LogP contribution in [0, 0.1) is 0 Å². The van der Waals surface area contributed by atoms with E-state index in [1.54, 1.807) is 11.6 Å². The van der Waals surface area contributed by atoms with Gasteiger partial charge in [0.25, 0.3) is 10.0 Å². The van der Waals surface area contributed by atoms with Gasteiger partial charge in [-0.3, -0.25) is 5.32 Å². The Bertz CT molecular complexity index is 973. The molecule has 1 aromatic heterocycles. The number of hydrogen-bond acceptors (Lipinski definition) is 8. The predicted octanol–water partition coefficient (Wildman–Crippen LogP) is 1.18. The number of urea groups is 1. The molecule has 1 aromatic carbocycles. The van der Waals surface area contributed by atoms with Crippen LogP contribution >= 0.6 is 11.6 Å². The number of anilines is 1. The number of aromatic nitrogens is 2. The molecule has 0 aliphatic heterocycles. The molecule has 2 aromatic rings. The second-order valence-corrected chi connectivity index (χ2v) is 6.87. The number of hydrogen-bond donors (Lipinski definition) is 2. The van der Waals surface area contributed by atoms with Gasteiger partial charge in [-0.2, -0.15) is 4.98 Å². The third kappa shape index (κ3) is 6.31. The van der Waals surface area contributed by atoms with Crippen molar-refractivity contribution in [1.82, 2.24) is 14.7 Å². The maximum atomic E-state index is 12.5. The second kappa shape index (κ2) is 10.6. The van der Waals surface area contributed by atoms with Gasteiger partial charge in [0.15, 0.2) is 0 Å². The van der Waals surface area contributed by atoms with Crippen LogP contribution in [0.25, 0.3) is 0 Å². The fraction of sp³-hybridized carbons (Fsp3) is 0.200. The van der Waals surface area contributed by atoms with E-state index < -0.39 is 26.9 Å². The molecule has 28 heavy (non-hydrogen) atoms. The van der Waals surface area contributed by atoms with Crippen LogP contribution in [0.4, 0.5) is 10.7 Å². The number of methoxy groups -OCH3 is 1. The monoisotopic (exact) mass is 438 g/mol. The SMILES string of the molecule is CCOC(=O)c1ccccc1S(=O)(=O)NC(=O)Nc1nc(Cl)cc(OC)n1.[NaH]. The Morgan fingerprint density at radius 1 is 1.21 bits per heavy atom. The van der Waals surface area contributed by atoms with Crippen LogP contribution in [0.2, 0.25) is 5.15 Å². The van der Waals surface area contributed by atoms with Crippen molar-refractivity contribution in [3.05, 3.63) is 41.0 Å². The van der Waals surface area contributed by atoms with E-state index >= 15 is 0 Å². The molecule has 0 saturated carbocycles. The number of benzene rings is 1. The van der Waals surface area contributed by atoms with Crippen LogP contribution < -0.4 is 14.8 Å². The number of ether oxygens (including phenoxy) is 2. The molecule has 0 atom stereocenters. The van der Waals surface area contributed by atoms with Crippen molar-refractivity contribution in [1.29, 1.82) is 0 Å². The minimum absolute atomic E-state index is 0. The van der Waals surface area contributed by atoms with E-state index in [1.165, 1.54) is 37.4 Å². The van der Waals surface area contributed by atoms with E-state index in [0.717, 1.165) is 0 Å². The van der Waals surface area contributed by atoms with Gasteiger partial charge in [-0.15, -0.1) is 0 Å². The molecule has 0 saturated heterocycles. The normalized spacial score (nSPS) is 10.4. The summed E-state index contributed by atoms with van der Waals surface area (Å²) in [7, 11) is -3.05. The van der Waals surface area contributed by atoms with Crippen LogP contribution in [0.5, 0.6) is 5.88 Å². The third-order valence-corrected chi connectivity index (χ3v) is 4.59. The summed E-state index contributed by atoms with van der Waals surface area (Å²) in [6.07, 6.45) is 0. The van der Waals surface area contributed by atoms with Gasteiger partial charge in [0.05, 0.1) is 19.3 Å². The van der Waals surface area contributed by atoms with Gasteiger partial charge < -0.3 is 9.47 Å². The maximum absolute atomic E-state index is 12.5. The van der Waals surface area contributed by atoms with Gasteiger partial charge in [-0.25, -0.2) is 27.7 Å². The van der Waals surface area contributed by atoms with E-state index in [0.29, 0.717) is 0 Å². The predicted molar refractivity (Wildman–Crippen MR) is 102 cm³/mol. The van der Waals surface area contributed by atoms with E-state index in [1.807, 2.05) is 0 Å². The van der Waals surface area contributed by atoms with E-state index in [4.69, 9.17) is 21.1 Å². The van der Waals surface area contributed by atoms with Crippen LogP contribution in [0.15, 0.2) is 35.2 Å². The first-order valence-corrected chi connectivity index (χ1v) is 9.31. The molecular formula is C15H16ClN4NaO6S. The van der Waals surface area contributed by atoms with Gasteiger partial charge >= 0.3 is 41.6 Å². The number of esters is 1. The Kier molecular flexibility index (Phi) is 9.11. The van der Waals surface area contributed by atoms with Crippen LogP contribution in [-0.4, -0.2) is 73.7 Å². The number of sulfonamides is 1. The zero-order chi connectivity index (χ0) is 20.0. The first kappa shape index (κ1) is 24.1. The van der Waals surface area contributed by atoms with Crippen molar-refractivity contribution in [3.63, 3.8) is 0 Å².